The summed E-state index contributed by atoms with van der Waals surface area (Å²) < 4.78 is 0. The lowest BCUT2D eigenvalue weighted by atomic mass is 10.1. The monoisotopic (exact) mass is 236 g/mol. The maximum atomic E-state index is 11.5. The molecule has 0 fully saturated rings. The number of hydrazine groups is 1. The molecule has 1 rings (SSSR count). The van der Waals surface area contributed by atoms with Gasteiger partial charge in [-0.1, -0.05) is 12.1 Å². The average Bonchev–Trinajstić information content (AvgIpc) is 2.34. The molecule has 1 amide bonds. The molecule has 0 atom stereocenters. The molecule has 0 aliphatic rings. The van der Waals surface area contributed by atoms with E-state index in [2.05, 4.69) is 0 Å². The van der Waals surface area contributed by atoms with Crippen LogP contribution in [0.15, 0.2) is 24.3 Å². The molecule has 0 spiro atoms. The molecule has 6 nitrogen and oxygen atoms in total. The van der Waals surface area contributed by atoms with Gasteiger partial charge in [0, 0.05) is 12.8 Å². The zero-order chi connectivity index (χ0) is 12.8. The third kappa shape index (κ3) is 3.12. The Labute approximate surface area is 97.6 Å². The number of nitrogens with two attached hydrogens (primary N) is 1. The van der Waals surface area contributed by atoms with Gasteiger partial charge in [-0.15, -0.1) is 0 Å². The van der Waals surface area contributed by atoms with E-state index in [-0.39, 0.29) is 24.1 Å². The van der Waals surface area contributed by atoms with Crippen molar-refractivity contribution in [1.82, 2.24) is 0 Å². The predicted molar refractivity (Wildman–Crippen MR) is 60.4 cm³/mol. The van der Waals surface area contributed by atoms with Gasteiger partial charge in [-0.3, -0.25) is 4.79 Å². The van der Waals surface area contributed by atoms with Crippen molar-refractivity contribution in [2.24, 2.45) is 5.84 Å². The predicted octanol–water partition coefficient (Wildman–Crippen LogP) is 0.571. The molecule has 0 saturated heterocycles. The maximum Gasteiger partial charge on any atom is 0.337 e. The third-order valence-electron chi connectivity index (χ3n) is 2.14. The van der Waals surface area contributed by atoms with Crippen molar-refractivity contribution in [1.29, 1.82) is 0 Å². The highest BCUT2D eigenvalue weighted by molar-refractivity contribution is 6.01. The average molecular weight is 236 g/mol. The van der Waals surface area contributed by atoms with Crippen LogP contribution in [0.25, 0.3) is 0 Å². The summed E-state index contributed by atoms with van der Waals surface area (Å²) in [7, 11) is 0. The molecule has 0 aliphatic carbocycles. The first kappa shape index (κ1) is 12.9. The van der Waals surface area contributed by atoms with Crippen LogP contribution in [0.1, 0.15) is 23.2 Å². The molecule has 0 aromatic heterocycles. The number of aldehydes is 1. The second-order valence-electron chi connectivity index (χ2n) is 3.29. The summed E-state index contributed by atoms with van der Waals surface area (Å²) in [4.78, 5) is 32.6. The summed E-state index contributed by atoms with van der Waals surface area (Å²) in [6.45, 7) is 0. The Bertz CT molecular complexity index is 445. The number of nitrogens with zero attached hydrogens (tertiary/aromatic N) is 1. The van der Waals surface area contributed by atoms with Gasteiger partial charge in [-0.2, -0.15) is 0 Å². The molecule has 0 saturated carbocycles. The SMILES string of the molecule is NN(C(=O)CCC=O)c1ccccc1C(=O)O. The van der Waals surface area contributed by atoms with Crippen LogP contribution in [-0.2, 0) is 9.59 Å². The molecular formula is C11H12N2O4. The molecule has 0 radical (unpaired) electrons. The van der Waals surface area contributed by atoms with Crippen molar-refractivity contribution in [3.8, 4) is 0 Å². The number of rotatable bonds is 5. The van der Waals surface area contributed by atoms with Gasteiger partial charge in [-0.25, -0.2) is 15.6 Å². The molecule has 0 unspecified atom stereocenters. The summed E-state index contributed by atoms with van der Waals surface area (Å²) in [5.74, 6) is 3.85. The van der Waals surface area contributed by atoms with Crippen LogP contribution in [0, 0.1) is 0 Å². The van der Waals surface area contributed by atoms with Crippen LogP contribution in [0.5, 0.6) is 0 Å². The number of anilines is 1. The molecule has 17 heavy (non-hydrogen) atoms. The summed E-state index contributed by atoms with van der Waals surface area (Å²) in [6.07, 6.45) is 0.616. The van der Waals surface area contributed by atoms with Crippen molar-refractivity contribution in [3.05, 3.63) is 29.8 Å². The van der Waals surface area contributed by atoms with E-state index >= 15 is 0 Å². The Morgan fingerprint density at radius 2 is 2.00 bits per heavy atom. The first-order valence-corrected chi connectivity index (χ1v) is 4.91. The minimum atomic E-state index is -1.17. The Morgan fingerprint density at radius 1 is 1.35 bits per heavy atom. The van der Waals surface area contributed by atoms with Gasteiger partial charge < -0.3 is 9.90 Å². The second kappa shape index (κ2) is 5.76. The molecule has 1 aromatic carbocycles. The van der Waals surface area contributed by atoms with Crippen molar-refractivity contribution in [2.45, 2.75) is 12.8 Å². The van der Waals surface area contributed by atoms with Crippen LogP contribution in [0.3, 0.4) is 0 Å². The number of para-hydroxylation sites is 1. The van der Waals surface area contributed by atoms with Crippen molar-refractivity contribution >= 4 is 23.9 Å². The fourth-order valence-corrected chi connectivity index (χ4v) is 1.30. The highest BCUT2D eigenvalue weighted by atomic mass is 16.4. The topological polar surface area (TPSA) is 101 Å². The quantitative estimate of drug-likeness (QED) is 0.337. The lowest BCUT2D eigenvalue weighted by Gasteiger charge is -2.18. The highest BCUT2D eigenvalue weighted by Crippen LogP contribution is 2.18. The lowest BCUT2D eigenvalue weighted by molar-refractivity contribution is -0.120. The number of hydrogen-bond acceptors (Lipinski definition) is 4. The number of benzene rings is 1. The smallest absolute Gasteiger partial charge is 0.337 e. The van der Waals surface area contributed by atoms with Gasteiger partial charge in [0.2, 0.25) is 5.91 Å². The second-order valence-corrected chi connectivity index (χ2v) is 3.29. The lowest BCUT2D eigenvalue weighted by Crippen LogP contribution is -2.38. The number of carboxylic acid groups (broad SMARTS) is 1. The Kier molecular flexibility index (Phi) is 4.36. The van der Waals surface area contributed by atoms with Crippen molar-refractivity contribution < 1.29 is 19.5 Å². The normalized spacial score (nSPS) is 9.71. The van der Waals surface area contributed by atoms with E-state index in [0.717, 1.165) is 5.01 Å². The van der Waals surface area contributed by atoms with E-state index in [1.807, 2.05) is 0 Å². The first-order chi connectivity index (χ1) is 8.07. The van der Waals surface area contributed by atoms with Crippen LogP contribution in [0.2, 0.25) is 0 Å². The molecule has 90 valence electrons. The molecule has 1 aromatic rings. The van der Waals surface area contributed by atoms with Gasteiger partial charge in [0.25, 0.3) is 0 Å². The molecule has 0 aliphatic heterocycles. The minimum absolute atomic E-state index is 0.0477. The zero-order valence-electron chi connectivity index (χ0n) is 9.00. The van der Waals surface area contributed by atoms with Crippen LogP contribution in [-0.4, -0.2) is 23.3 Å². The van der Waals surface area contributed by atoms with Crippen LogP contribution < -0.4 is 10.9 Å². The summed E-state index contributed by atoms with van der Waals surface area (Å²) in [5.41, 5.74) is 0.0466. The number of carboxylic acids is 1. The van der Waals surface area contributed by atoms with Crippen LogP contribution >= 0.6 is 0 Å². The molecule has 0 bridgehead atoms. The molecular weight excluding hydrogens is 224 g/mol. The summed E-state index contributed by atoms with van der Waals surface area (Å²) in [6, 6.07) is 5.90. The Hall–Kier alpha value is -2.21. The first-order valence-electron chi connectivity index (χ1n) is 4.91. The number of amides is 1. The fourth-order valence-electron chi connectivity index (χ4n) is 1.30. The van der Waals surface area contributed by atoms with E-state index in [9.17, 15) is 14.4 Å². The standard InChI is InChI=1S/C11H12N2O4/c12-13(10(15)6-3-7-14)9-5-2-1-4-8(9)11(16)17/h1-2,4-5,7H,3,6,12H2,(H,16,17). The van der Waals surface area contributed by atoms with Gasteiger partial charge in [-0.05, 0) is 12.1 Å². The molecule has 0 heterocycles. The highest BCUT2D eigenvalue weighted by Gasteiger charge is 2.17. The number of hydrogen-bond donors (Lipinski definition) is 2. The van der Waals surface area contributed by atoms with Gasteiger partial charge in [0.15, 0.2) is 0 Å². The third-order valence-corrected chi connectivity index (χ3v) is 2.14. The minimum Gasteiger partial charge on any atom is -0.478 e. The zero-order valence-corrected chi connectivity index (χ0v) is 9.00. The van der Waals surface area contributed by atoms with Gasteiger partial charge >= 0.3 is 5.97 Å². The van der Waals surface area contributed by atoms with E-state index < -0.39 is 11.9 Å². The van der Waals surface area contributed by atoms with Gasteiger partial charge in [0.1, 0.15) is 6.29 Å². The number of aromatic carboxylic acids is 1. The van der Waals surface area contributed by atoms with E-state index in [0.29, 0.717) is 6.29 Å². The fraction of sp³-hybridized carbons (Fsp3) is 0.182. The Balaban J connectivity index is 2.95. The van der Waals surface area contributed by atoms with E-state index in [1.54, 1.807) is 6.07 Å². The maximum absolute atomic E-state index is 11.5. The number of carbonyl (C=O) groups excluding carboxylic acids is 2. The largest absolute Gasteiger partial charge is 0.478 e. The van der Waals surface area contributed by atoms with E-state index in [1.165, 1.54) is 18.2 Å². The molecule has 6 heteroatoms. The van der Waals surface area contributed by atoms with Crippen molar-refractivity contribution in [3.63, 3.8) is 0 Å². The van der Waals surface area contributed by atoms with Gasteiger partial charge in [0.05, 0.1) is 11.3 Å². The summed E-state index contributed by atoms with van der Waals surface area (Å²) in [5, 5.41) is 9.68. The molecule has 3 N–H and O–H groups in total. The Morgan fingerprint density at radius 3 is 2.59 bits per heavy atom. The van der Waals surface area contributed by atoms with Crippen molar-refractivity contribution in [2.75, 3.05) is 5.01 Å². The van der Waals surface area contributed by atoms with Crippen LogP contribution in [0.4, 0.5) is 5.69 Å². The number of carbonyl (C=O) groups is 3. The van der Waals surface area contributed by atoms with E-state index in [4.69, 9.17) is 10.9 Å². The summed E-state index contributed by atoms with van der Waals surface area (Å²) >= 11 is 0.